The minimum absolute atomic E-state index is 0.0484. The molecule has 0 amide bonds. The van der Waals surface area contributed by atoms with E-state index >= 15 is 0 Å². The molecular formula is C84H73BN6. The predicted octanol–water partition coefficient (Wildman–Crippen LogP) is 20.9. The van der Waals surface area contributed by atoms with Crippen LogP contribution in [0.25, 0.3) is 82.1 Å². The zero-order chi connectivity index (χ0) is 63.2. The lowest BCUT2D eigenvalue weighted by atomic mass is 9.33. The second-order valence-electron chi connectivity index (χ2n) is 29.3. The molecule has 0 N–H and O–H groups in total. The third-order valence-corrected chi connectivity index (χ3v) is 19.3. The molecule has 0 saturated heterocycles. The van der Waals surface area contributed by atoms with Crippen LogP contribution < -0.4 is 26.2 Å². The molecular weight excluding hydrogens is 1100 g/mol. The van der Waals surface area contributed by atoms with E-state index in [0.29, 0.717) is 11.3 Å². The first kappa shape index (κ1) is 57.1. The fraction of sp³-hybridized carbons (Fsp3) is 0.190. The number of nitriles is 1. The molecule has 11 aromatic carbocycles. The summed E-state index contributed by atoms with van der Waals surface area (Å²) < 4.78 is 4.69. The van der Waals surface area contributed by atoms with Gasteiger partial charge >= 0.3 is 0 Å². The minimum Gasteiger partial charge on any atom is -0.311 e. The zero-order valence-corrected chi connectivity index (χ0v) is 54.1. The molecule has 91 heavy (non-hydrogen) atoms. The lowest BCUT2D eigenvalue weighted by Crippen LogP contribution is -2.61. The summed E-state index contributed by atoms with van der Waals surface area (Å²) in [5, 5.41) is 15.2. The Morgan fingerprint density at radius 1 is 0.363 bits per heavy atom. The minimum atomic E-state index is -0.114. The molecule has 13 aromatic rings. The number of hydrogen-bond donors (Lipinski definition) is 0. The average Bonchev–Trinajstić information content (AvgIpc) is 1.34. The predicted molar refractivity (Wildman–Crippen MR) is 386 cm³/mol. The average molecular weight is 1180 g/mol. The Hall–Kier alpha value is -10.3. The summed E-state index contributed by atoms with van der Waals surface area (Å²) in [5.74, 6) is 0. The fourth-order valence-electron chi connectivity index (χ4n) is 14.4. The van der Waals surface area contributed by atoms with Gasteiger partial charge in [0.05, 0.1) is 51.6 Å². The number of nitrogens with zero attached hydrogens (tertiary/aromatic N) is 6. The van der Waals surface area contributed by atoms with Crippen LogP contribution in [0.1, 0.15) is 111 Å². The summed E-state index contributed by atoms with van der Waals surface area (Å²) in [7, 11) is 0. The monoisotopic (exact) mass is 1180 g/mol. The molecule has 2 aromatic heterocycles. The van der Waals surface area contributed by atoms with Crippen LogP contribution in [0.3, 0.4) is 0 Å². The van der Waals surface area contributed by atoms with Gasteiger partial charge in [-0.25, -0.2) is 4.85 Å². The smallest absolute Gasteiger partial charge is 0.252 e. The van der Waals surface area contributed by atoms with E-state index in [1.54, 1.807) is 0 Å². The van der Waals surface area contributed by atoms with Crippen LogP contribution in [-0.4, -0.2) is 15.8 Å². The Kier molecular flexibility index (Phi) is 12.9. The quantitative estimate of drug-likeness (QED) is 0.123. The molecule has 15 rings (SSSR count). The SMILES string of the molecule is [C-]#[N+]c1ccc(-n2c3ccccc3c3ccccc32)c(-c2cc(C#N)ccc2-n2c3ccccc3c3cc(-c4cc5c6c(c4)N(c4cc(C(C)(C)C)cc(C(C)(C)C)c4)c4ccccc4B6c4ccccc4N5c4cc(C(C)(C)C)cc(C(C)(C)C)c4)ccc32)c1. The molecule has 0 unspecified atom stereocenters. The van der Waals surface area contributed by atoms with Crippen LogP contribution in [0.15, 0.2) is 224 Å². The number of anilines is 6. The van der Waals surface area contributed by atoms with Crippen molar-refractivity contribution in [3.8, 4) is 39.7 Å². The number of rotatable bonds is 6. The Morgan fingerprint density at radius 2 is 0.769 bits per heavy atom. The highest BCUT2D eigenvalue weighted by atomic mass is 15.2. The van der Waals surface area contributed by atoms with Gasteiger partial charge in [-0.15, -0.1) is 0 Å². The number of para-hydroxylation sites is 5. The molecule has 2 aliphatic rings. The van der Waals surface area contributed by atoms with Gasteiger partial charge in [0.15, 0.2) is 5.69 Å². The number of benzene rings is 11. The number of fused-ring (bicyclic) bond motifs is 10. The highest BCUT2D eigenvalue weighted by molar-refractivity contribution is 7.00. The van der Waals surface area contributed by atoms with Crippen LogP contribution in [0.5, 0.6) is 0 Å². The van der Waals surface area contributed by atoms with E-state index in [-0.39, 0.29) is 28.4 Å². The van der Waals surface area contributed by atoms with Crippen molar-refractivity contribution < 1.29 is 0 Å². The van der Waals surface area contributed by atoms with Crippen LogP contribution in [0.2, 0.25) is 0 Å². The van der Waals surface area contributed by atoms with Crippen LogP contribution in [0, 0.1) is 17.9 Å². The summed E-state index contributed by atoms with van der Waals surface area (Å²) in [4.78, 5) is 9.18. The molecule has 4 heterocycles. The van der Waals surface area contributed by atoms with Crippen LogP contribution >= 0.6 is 0 Å². The van der Waals surface area contributed by atoms with Gasteiger partial charge < -0.3 is 18.9 Å². The van der Waals surface area contributed by atoms with Gasteiger partial charge in [-0.1, -0.05) is 198 Å². The van der Waals surface area contributed by atoms with Gasteiger partial charge in [-0.3, -0.25) is 0 Å². The summed E-state index contributed by atoms with van der Waals surface area (Å²) >= 11 is 0. The molecule has 0 aliphatic carbocycles. The fourth-order valence-corrected chi connectivity index (χ4v) is 14.4. The van der Waals surface area contributed by atoms with E-state index in [1.807, 2.05) is 24.3 Å². The molecule has 0 saturated carbocycles. The molecule has 442 valence electrons. The van der Waals surface area contributed by atoms with E-state index in [4.69, 9.17) is 6.57 Å². The van der Waals surface area contributed by atoms with Gasteiger partial charge in [-0.2, -0.15) is 5.26 Å². The van der Waals surface area contributed by atoms with E-state index in [2.05, 4.69) is 313 Å². The maximum Gasteiger partial charge on any atom is 0.252 e. The highest BCUT2D eigenvalue weighted by Crippen LogP contribution is 2.50. The highest BCUT2D eigenvalue weighted by Gasteiger charge is 2.44. The summed E-state index contributed by atoms with van der Waals surface area (Å²) in [6.07, 6.45) is 0. The maximum atomic E-state index is 10.7. The Labute approximate surface area is 535 Å². The van der Waals surface area contributed by atoms with Crippen molar-refractivity contribution in [1.29, 1.82) is 5.26 Å². The molecule has 0 fully saturated rings. The summed E-state index contributed by atoms with van der Waals surface area (Å²) in [6.45, 7) is 36.3. The third kappa shape index (κ3) is 9.27. The van der Waals surface area contributed by atoms with Crippen molar-refractivity contribution in [2.45, 2.75) is 105 Å². The Morgan fingerprint density at radius 3 is 1.22 bits per heavy atom. The largest absolute Gasteiger partial charge is 0.311 e. The van der Waals surface area contributed by atoms with E-state index in [1.165, 1.54) is 50.0 Å². The maximum absolute atomic E-state index is 10.7. The van der Waals surface area contributed by atoms with Crippen molar-refractivity contribution in [3.63, 3.8) is 0 Å². The van der Waals surface area contributed by atoms with Crippen molar-refractivity contribution in [3.05, 3.63) is 264 Å². The molecule has 0 atom stereocenters. The Bertz CT molecular complexity index is 5020. The van der Waals surface area contributed by atoms with Gasteiger partial charge in [-0.05, 0) is 186 Å². The van der Waals surface area contributed by atoms with Gasteiger partial charge in [0.2, 0.25) is 0 Å². The second-order valence-corrected chi connectivity index (χ2v) is 29.3. The zero-order valence-electron chi connectivity index (χ0n) is 54.1. The molecule has 0 radical (unpaired) electrons. The first-order valence-electron chi connectivity index (χ1n) is 31.9. The molecule has 0 spiro atoms. The van der Waals surface area contributed by atoms with Crippen molar-refractivity contribution in [2.24, 2.45) is 0 Å². The molecule has 0 bridgehead atoms. The van der Waals surface area contributed by atoms with Gasteiger partial charge in [0.25, 0.3) is 6.71 Å². The molecule has 7 heteroatoms. The van der Waals surface area contributed by atoms with E-state index < -0.39 is 0 Å². The lowest BCUT2D eigenvalue weighted by Gasteiger charge is -2.45. The molecule has 6 nitrogen and oxygen atoms in total. The molecule has 2 aliphatic heterocycles. The summed E-state index contributed by atoms with van der Waals surface area (Å²) in [5.41, 5.74) is 26.6. The second kappa shape index (κ2) is 20.6. The van der Waals surface area contributed by atoms with Crippen molar-refractivity contribution in [2.75, 3.05) is 9.80 Å². The van der Waals surface area contributed by atoms with E-state index in [9.17, 15) is 5.26 Å². The van der Waals surface area contributed by atoms with Crippen LogP contribution in [-0.2, 0) is 21.7 Å². The van der Waals surface area contributed by atoms with Crippen molar-refractivity contribution >= 4 is 107 Å². The van der Waals surface area contributed by atoms with Crippen LogP contribution in [0.4, 0.5) is 39.8 Å². The Balaban J connectivity index is 1.01. The van der Waals surface area contributed by atoms with Gasteiger partial charge in [0, 0.05) is 61.2 Å². The summed E-state index contributed by atoms with van der Waals surface area (Å²) in [6, 6.07) is 85.2. The first-order valence-corrected chi connectivity index (χ1v) is 31.9. The third-order valence-electron chi connectivity index (χ3n) is 19.3. The lowest BCUT2D eigenvalue weighted by molar-refractivity contribution is 0.568. The standard InChI is InChI=1S/C84H73BN6/c1-81(2,3)55-44-56(82(4,5)6)47-60(46-55)88-76-32-22-17-27-68(76)85-69-28-18-23-33-77(69)89(61-48-57(83(7,8)9)45-58(49-61)84(10,11)12)79-43-54(42-78(88)80(79)85)53-35-38-74-66(41-53)64-26-16-21-31-72(64)91(74)73-37-34-52(51-86)40-65(73)67-50-59(87-13)36-39-75(67)90-70-29-19-14-24-62(70)63-25-15-20-30-71(63)90/h14-50H,1-12H3. The first-order chi connectivity index (χ1) is 43.6. The van der Waals surface area contributed by atoms with Gasteiger partial charge in [0.1, 0.15) is 0 Å². The normalized spacial score (nSPS) is 13.2. The number of hydrogen-bond acceptors (Lipinski definition) is 3. The number of aromatic nitrogens is 2. The topological polar surface area (TPSA) is 44.5 Å². The van der Waals surface area contributed by atoms with Crippen molar-refractivity contribution in [1.82, 2.24) is 9.13 Å². The van der Waals surface area contributed by atoms with E-state index in [0.717, 1.165) is 100.0 Å².